The first-order valence-electron chi connectivity index (χ1n) is 15.2. The lowest BCUT2D eigenvalue weighted by molar-refractivity contribution is -0.149. The Morgan fingerprint density at radius 3 is 2.26 bits per heavy atom. The third-order valence-electron chi connectivity index (χ3n) is 7.72. The fraction of sp³-hybridized carbons (Fsp3) is 0.289. The first-order valence-corrected chi connectivity index (χ1v) is 15.2. The maximum absolute atomic E-state index is 11.4. The molecule has 0 fully saturated rings. The molecule has 0 saturated heterocycles. The fourth-order valence-corrected chi connectivity index (χ4v) is 5.60. The maximum atomic E-state index is 11.4. The van der Waals surface area contributed by atoms with Gasteiger partial charge in [-0.05, 0) is 76.4 Å². The van der Waals surface area contributed by atoms with Gasteiger partial charge in [0.25, 0.3) is 0 Å². The van der Waals surface area contributed by atoms with E-state index >= 15 is 0 Å². The predicted octanol–water partition coefficient (Wildman–Crippen LogP) is 7.93. The highest BCUT2D eigenvalue weighted by atomic mass is 16.5. The van der Waals surface area contributed by atoms with Crippen LogP contribution in [0.15, 0.2) is 91.0 Å². The van der Waals surface area contributed by atoms with Crippen molar-refractivity contribution in [1.82, 2.24) is 0 Å². The quantitative estimate of drug-likeness (QED) is 0.154. The summed E-state index contributed by atoms with van der Waals surface area (Å²) in [6.45, 7) is 5.17. The van der Waals surface area contributed by atoms with E-state index in [1.54, 1.807) is 6.92 Å². The molecule has 43 heavy (non-hydrogen) atoms. The van der Waals surface area contributed by atoms with Crippen LogP contribution in [0.5, 0.6) is 5.75 Å². The van der Waals surface area contributed by atoms with Gasteiger partial charge in [-0.15, -0.1) is 0 Å². The van der Waals surface area contributed by atoms with Crippen LogP contribution in [0.25, 0.3) is 12.2 Å². The van der Waals surface area contributed by atoms with Gasteiger partial charge in [-0.1, -0.05) is 104 Å². The van der Waals surface area contributed by atoms with Crippen LogP contribution in [0.1, 0.15) is 70.9 Å². The summed E-state index contributed by atoms with van der Waals surface area (Å²) in [4.78, 5) is 11.4. The standard InChI is InChI=1S/C38H40O5/c1-3-8-27-11-15-31-16-17-32-24-30(23-28-9-6-5-7-10-28)14-20-34(32)37(35(31)25-27)43-22-21-42-33-18-12-29(13-19-33)26-36(38(39)40)41-4-2/h5-7,9-20,24-25,36-37H,3-4,8,21-23,26H2,1-2H3,(H,39,40). The van der Waals surface area contributed by atoms with Gasteiger partial charge < -0.3 is 19.3 Å². The molecule has 0 heterocycles. The third-order valence-corrected chi connectivity index (χ3v) is 7.72. The maximum Gasteiger partial charge on any atom is 0.333 e. The summed E-state index contributed by atoms with van der Waals surface area (Å²) in [5.41, 5.74) is 9.46. The number of hydrogen-bond donors (Lipinski definition) is 1. The van der Waals surface area contributed by atoms with Gasteiger partial charge in [0.05, 0.1) is 6.61 Å². The fourth-order valence-electron chi connectivity index (χ4n) is 5.60. The van der Waals surface area contributed by atoms with Gasteiger partial charge in [-0.3, -0.25) is 0 Å². The number of rotatable bonds is 14. The SMILES string of the molecule is CCCc1ccc2c(c1)C(OCCOc1ccc(CC(OCC)C(=O)O)cc1)c1ccc(Cc3ccccc3)cc1C=C2. The second-order valence-corrected chi connectivity index (χ2v) is 10.9. The highest BCUT2D eigenvalue weighted by molar-refractivity contribution is 5.77. The van der Waals surface area contributed by atoms with Crippen molar-refractivity contribution in [3.05, 3.63) is 136 Å². The first-order chi connectivity index (χ1) is 21.0. The Kier molecular flexibility index (Phi) is 10.4. The van der Waals surface area contributed by atoms with E-state index < -0.39 is 12.1 Å². The van der Waals surface area contributed by atoms with Crippen LogP contribution in [0, 0.1) is 0 Å². The minimum absolute atomic E-state index is 0.208. The monoisotopic (exact) mass is 576 g/mol. The molecule has 5 nitrogen and oxygen atoms in total. The molecule has 0 spiro atoms. The lowest BCUT2D eigenvalue weighted by Gasteiger charge is -2.22. The van der Waals surface area contributed by atoms with Crippen molar-refractivity contribution in [2.45, 2.75) is 51.7 Å². The summed E-state index contributed by atoms with van der Waals surface area (Å²) in [6.07, 6.45) is 6.68. The van der Waals surface area contributed by atoms with Gasteiger partial charge in [0.15, 0.2) is 6.10 Å². The van der Waals surface area contributed by atoms with E-state index in [-0.39, 0.29) is 6.10 Å². The van der Waals surface area contributed by atoms with E-state index in [4.69, 9.17) is 14.2 Å². The lowest BCUT2D eigenvalue weighted by atomic mass is 9.92. The summed E-state index contributed by atoms with van der Waals surface area (Å²) in [5, 5.41) is 9.36. The molecule has 2 atom stereocenters. The summed E-state index contributed by atoms with van der Waals surface area (Å²) in [7, 11) is 0. The van der Waals surface area contributed by atoms with Crippen LogP contribution in [0.2, 0.25) is 0 Å². The number of carbonyl (C=O) groups is 1. The Hall–Kier alpha value is -4.19. The van der Waals surface area contributed by atoms with Crippen LogP contribution in [0.4, 0.5) is 0 Å². The number of carboxylic acids is 1. The van der Waals surface area contributed by atoms with E-state index in [1.165, 1.54) is 33.4 Å². The topological polar surface area (TPSA) is 65.0 Å². The second kappa shape index (κ2) is 14.8. The number of hydrogen-bond acceptors (Lipinski definition) is 4. The highest BCUT2D eigenvalue weighted by Gasteiger charge is 2.23. The smallest absolute Gasteiger partial charge is 0.333 e. The molecule has 0 radical (unpaired) electrons. The average Bonchev–Trinajstić information content (AvgIpc) is 3.16. The molecule has 4 aromatic carbocycles. The molecular formula is C38H40O5. The molecule has 0 aromatic heterocycles. The van der Waals surface area contributed by atoms with Crippen LogP contribution in [-0.2, 0) is 33.5 Å². The molecular weight excluding hydrogens is 536 g/mol. The van der Waals surface area contributed by atoms with Crippen molar-refractivity contribution >= 4 is 18.1 Å². The van der Waals surface area contributed by atoms with Crippen LogP contribution in [0.3, 0.4) is 0 Å². The highest BCUT2D eigenvalue weighted by Crippen LogP contribution is 2.37. The van der Waals surface area contributed by atoms with E-state index in [1.807, 2.05) is 24.3 Å². The van der Waals surface area contributed by atoms with Crippen LogP contribution < -0.4 is 4.74 Å². The van der Waals surface area contributed by atoms with Gasteiger partial charge in [0.2, 0.25) is 0 Å². The molecule has 222 valence electrons. The summed E-state index contributed by atoms with van der Waals surface area (Å²) in [6, 6.07) is 31.5. The number of fused-ring (bicyclic) bond motifs is 2. The molecule has 0 bridgehead atoms. The predicted molar refractivity (Wildman–Crippen MR) is 172 cm³/mol. The minimum atomic E-state index is -0.953. The van der Waals surface area contributed by atoms with Crippen molar-refractivity contribution in [2.24, 2.45) is 0 Å². The van der Waals surface area contributed by atoms with Crippen LogP contribution >= 0.6 is 0 Å². The van der Waals surface area contributed by atoms with Gasteiger partial charge in [0, 0.05) is 13.0 Å². The van der Waals surface area contributed by atoms with Crippen molar-refractivity contribution in [3.8, 4) is 5.75 Å². The number of benzene rings is 4. The van der Waals surface area contributed by atoms with E-state index in [0.717, 1.165) is 36.1 Å². The number of aryl methyl sites for hydroxylation is 1. The van der Waals surface area contributed by atoms with Gasteiger partial charge in [0.1, 0.15) is 18.5 Å². The zero-order valence-electron chi connectivity index (χ0n) is 25.0. The molecule has 5 heteroatoms. The third kappa shape index (κ3) is 8.01. The molecule has 2 unspecified atom stereocenters. The lowest BCUT2D eigenvalue weighted by Crippen LogP contribution is -2.26. The Morgan fingerprint density at radius 2 is 1.51 bits per heavy atom. The molecule has 0 aliphatic heterocycles. The van der Waals surface area contributed by atoms with E-state index in [9.17, 15) is 9.90 Å². The Bertz CT molecular complexity index is 1520. The molecule has 1 aliphatic rings. The number of aliphatic carboxylic acids is 1. The Morgan fingerprint density at radius 1 is 0.767 bits per heavy atom. The number of ether oxygens (including phenoxy) is 3. The average molecular weight is 577 g/mol. The first kappa shape index (κ1) is 30.3. The van der Waals surface area contributed by atoms with Crippen molar-refractivity contribution in [3.63, 3.8) is 0 Å². The van der Waals surface area contributed by atoms with Gasteiger partial charge in [-0.2, -0.15) is 0 Å². The molecule has 4 aromatic rings. The summed E-state index contributed by atoms with van der Waals surface area (Å²) >= 11 is 0. The largest absolute Gasteiger partial charge is 0.491 e. The molecule has 0 saturated carbocycles. The van der Waals surface area contributed by atoms with E-state index in [0.29, 0.717) is 26.2 Å². The zero-order chi connectivity index (χ0) is 30.0. The normalized spacial score (nSPS) is 14.4. The Labute approximate surface area is 254 Å². The molecule has 0 amide bonds. The Balaban J connectivity index is 1.29. The number of carboxylic acid groups (broad SMARTS) is 1. The van der Waals surface area contributed by atoms with Crippen molar-refractivity contribution < 1.29 is 24.1 Å². The molecule has 1 aliphatic carbocycles. The van der Waals surface area contributed by atoms with Crippen LogP contribution in [-0.4, -0.2) is 37.0 Å². The minimum Gasteiger partial charge on any atom is -0.491 e. The second-order valence-electron chi connectivity index (χ2n) is 10.9. The van der Waals surface area contributed by atoms with Gasteiger partial charge >= 0.3 is 5.97 Å². The van der Waals surface area contributed by atoms with Crippen molar-refractivity contribution in [1.29, 1.82) is 0 Å². The molecule has 5 rings (SSSR count). The van der Waals surface area contributed by atoms with E-state index in [2.05, 4.69) is 85.8 Å². The summed E-state index contributed by atoms with van der Waals surface area (Å²) in [5.74, 6) is -0.236. The summed E-state index contributed by atoms with van der Waals surface area (Å²) < 4.78 is 18.0. The zero-order valence-corrected chi connectivity index (χ0v) is 25.0. The molecule has 1 N–H and O–H groups in total. The van der Waals surface area contributed by atoms with Crippen molar-refractivity contribution in [2.75, 3.05) is 19.8 Å². The van der Waals surface area contributed by atoms with Gasteiger partial charge in [-0.25, -0.2) is 4.79 Å².